The Bertz CT molecular complexity index is 969. The lowest BCUT2D eigenvalue weighted by Gasteiger charge is -2.33. The SMILES string of the molecule is Cc1oc(CN(C)C(=O)C23CCC(=O)N2c2ccccc2S3)cc1C(=O)O. The average molecular weight is 386 g/mol. The average Bonchev–Trinajstić information content (AvgIpc) is 3.26. The van der Waals surface area contributed by atoms with Crippen LogP contribution in [0.5, 0.6) is 0 Å². The Hall–Kier alpha value is -2.74. The molecule has 4 rings (SSSR count). The number of aromatic carboxylic acids is 1. The number of fused-ring (bicyclic) bond motifs is 3. The molecule has 1 saturated heterocycles. The van der Waals surface area contributed by atoms with Crippen LogP contribution in [0.1, 0.15) is 34.7 Å². The number of hydrogen-bond donors (Lipinski definition) is 1. The smallest absolute Gasteiger partial charge is 0.339 e. The van der Waals surface area contributed by atoms with Crippen LogP contribution < -0.4 is 4.90 Å². The van der Waals surface area contributed by atoms with Gasteiger partial charge in [0.2, 0.25) is 5.91 Å². The highest BCUT2D eigenvalue weighted by molar-refractivity contribution is 8.02. The van der Waals surface area contributed by atoms with Crippen molar-refractivity contribution >= 4 is 35.2 Å². The van der Waals surface area contributed by atoms with Crippen molar-refractivity contribution in [3.05, 3.63) is 47.4 Å². The van der Waals surface area contributed by atoms with Gasteiger partial charge in [-0.25, -0.2) is 4.79 Å². The normalized spacial score (nSPS) is 20.5. The molecule has 1 unspecified atom stereocenters. The second kappa shape index (κ2) is 6.16. The Kier molecular flexibility index (Phi) is 4.03. The van der Waals surface area contributed by atoms with Crippen LogP contribution in [0.4, 0.5) is 5.69 Å². The molecule has 1 aromatic heterocycles. The minimum atomic E-state index is -1.07. The van der Waals surface area contributed by atoms with Crippen LogP contribution in [0.2, 0.25) is 0 Å². The minimum Gasteiger partial charge on any atom is -0.478 e. The van der Waals surface area contributed by atoms with Crippen LogP contribution in [-0.4, -0.2) is 39.7 Å². The molecule has 2 amide bonds. The number of anilines is 1. The summed E-state index contributed by atoms with van der Waals surface area (Å²) in [5.74, 6) is -0.619. The highest BCUT2D eigenvalue weighted by Gasteiger charge is 2.58. The maximum Gasteiger partial charge on any atom is 0.339 e. The number of nitrogens with zero attached hydrogens (tertiary/aromatic N) is 2. The Labute approximate surface area is 159 Å². The van der Waals surface area contributed by atoms with Gasteiger partial charge in [0, 0.05) is 18.4 Å². The van der Waals surface area contributed by atoms with Crippen molar-refractivity contribution in [1.82, 2.24) is 4.90 Å². The second-order valence-corrected chi connectivity index (χ2v) is 8.05. The van der Waals surface area contributed by atoms with Gasteiger partial charge in [-0.15, -0.1) is 0 Å². The van der Waals surface area contributed by atoms with E-state index in [4.69, 9.17) is 9.52 Å². The summed E-state index contributed by atoms with van der Waals surface area (Å²) in [7, 11) is 1.64. The van der Waals surface area contributed by atoms with Crippen molar-refractivity contribution < 1.29 is 23.9 Å². The predicted octanol–water partition coefficient (Wildman–Crippen LogP) is 2.87. The van der Waals surface area contributed by atoms with Crippen molar-refractivity contribution in [2.24, 2.45) is 0 Å². The van der Waals surface area contributed by atoms with Gasteiger partial charge in [0.25, 0.3) is 5.91 Å². The Balaban J connectivity index is 1.61. The number of carbonyl (C=O) groups is 3. The molecule has 8 heteroatoms. The van der Waals surface area contributed by atoms with E-state index >= 15 is 0 Å². The third kappa shape index (κ3) is 2.63. The van der Waals surface area contributed by atoms with Crippen LogP contribution >= 0.6 is 11.8 Å². The Morgan fingerprint density at radius 2 is 2.11 bits per heavy atom. The summed E-state index contributed by atoms with van der Waals surface area (Å²) in [4.78, 5) is 40.1. The molecule has 7 nitrogen and oxygen atoms in total. The first-order chi connectivity index (χ1) is 12.8. The molecule has 0 spiro atoms. The number of benzene rings is 1. The van der Waals surface area contributed by atoms with Crippen molar-refractivity contribution in [1.29, 1.82) is 0 Å². The summed E-state index contributed by atoms with van der Waals surface area (Å²) in [6, 6.07) is 8.95. The summed E-state index contributed by atoms with van der Waals surface area (Å²) < 4.78 is 5.49. The predicted molar refractivity (Wildman–Crippen MR) is 98.6 cm³/mol. The number of likely N-dealkylation sites (N-methyl/N-ethyl adjacent to an activating group) is 1. The van der Waals surface area contributed by atoms with Crippen molar-refractivity contribution in [2.45, 2.75) is 36.1 Å². The fourth-order valence-electron chi connectivity index (χ4n) is 3.72. The van der Waals surface area contributed by atoms with E-state index in [1.165, 1.54) is 22.7 Å². The van der Waals surface area contributed by atoms with Crippen molar-refractivity contribution in [3.63, 3.8) is 0 Å². The summed E-state index contributed by atoms with van der Waals surface area (Å²) in [5, 5.41) is 9.16. The van der Waals surface area contributed by atoms with Gasteiger partial charge in [-0.1, -0.05) is 23.9 Å². The van der Waals surface area contributed by atoms with Crippen LogP contribution in [-0.2, 0) is 16.1 Å². The highest BCUT2D eigenvalue weighted by Crippen LogP contribution is 2.56. The van der Waals surface area contributed by atoms with Gasteiger partial charge in [-0.2, -0.15) is 0 Å². The molecule has 3 heterocycles. The fourth-order valence-corrected chi connectivity index (χ4v) is 5.23. The zero-order valence-corrected chi connectivity index (χ0v) is 15.7. The fraction of sp³-hybridized carbons (Fsp3) is 0.316. The third-order valence-corrected chi connectivity index (χ3v) is 6.41. The van der Waals surface area contributed by atoms with E-state index in [2.05, 4.69) is 0 Å². The highest BCUT2D eigenvalue weighted by atomic mass is 32.2. The van der Waals surface area contributed by atoms with Gasteiger partial charge < -0.3 is 14.4 Å². The lowest BCUT2D eigenvalue weighted by atomic mass is 10.1. The lowest BCUT2D eigenvalue weighted by Crippen LogP contribution is -2.52. The molecule has 1 fully saturated rings. The monoisotopic (exact) mass is 386 g/mol. The number of carboxylic acid groups (broad SMARTS) is 1. The zero-order valence-electron chi connectivity index (χ0n) is 14.9. The van der Waals surface area contributed by atoms with Gasteiger partial charge in [-0.3, -0.25) is 14.5 Å². The number of thioether (sulfide) groups is 1. The van der Waals surface area contributed by atoms with E-state index in [9.17, 15) is 14.4 Å². The Morgan fingerprint density at radius 3 is 2.81 bits per heavy atom. The molecule has 27 heavy (non-hydrogen) atoms. The van der Waals surface area contributed by atoms with Gasteiger partial charge >= 0.3 is 5.97 Å². The summed E-state index contributed by atoms with van der Waals surface area (Å²) in [5.41, 5.74) is 0.859. The van der Waals surface area contributed by atoms with E-state index < -0.39 is 10.8 Å². The molecule has 0 radical (unpaired) electrons. The van der Waals surface area contributed by atoms with Gasteiger partial charge in [0.05, 0.1) is 12.2 Å². The summed E-state index contributed by atoms with van der Waals surface area (Å²) >= 11 is 1.41. The molecule has 0 saturated carbocycles. The minimum absolute atomic E-state index is 0.0591. The number of carboxylic acids is 1. The molecule has 0 bridgehead atoms. The molecule has 1 aromatic carbocycles. The number of amides is 2. The van der Waals surface area contributed by atoms with Gasteiger partial charge in [0.15, 0.2) is 4.87 Å². The Morgan fingerprint density at radius 1 is 1.37 bits per heavy atom. The molecular weight excluding hydrogens is 368 g/mol. The quantitative estimate of drug-likeness (QED) is 0.869. The maximum absolute atomic E-state index is 13.3. The number of hydrogen-bond acceptors (Lipinski definition) is 5. The molecule has 0 aliphatic carbocycles. The van der Waals surface area contributed by atoms with Crippen LogP contribution in [0.25, 0.3) is 0 Å². The van der Waals surface area contributed by atoms with Gasteiger partial charge in [-0.05, 0) is 31.5 Å². The number of aryl methyl sites for hydroxylation is 1. The summed E-state index contributed by atoms with van der Waals surface area (Å²) in [6.07, 6.45) is 0.760. The topological polar surface area (TPSA) is 91.1 Å². The lowest BCUT2D eigenvalue weighted by molar-refractivity contribution is -0.133. The molecule has 140 valence electrons. The van der Waals surface area contributed by atoms with E-state index in [1.807, 2.05) is 24.3 Å². The van der Waals surface area contributed by atoms with Crippen molar-refractivity contribution in [3.8, 4) is 0 Å². The number of furan rings is 1. The maximum atomic E-state index is 13.3. The molecule has 1 N–H and O–H groups in total. The third-order valence-electron chi connectivity index (χ3n) is 4.95. The van der Waals surface area contributed by atoms with E-state index in [0.717, 1.165) is 10.6 Å². The number of rotatable bonds is 4. The van der Waals surface area contributed by atoms with E-state index in [-0.39, 0.29) is 23.9 Å². The van der Waals surface area contributed by atoms with Crippen molar-refractivity contribution in [2.75, 3.05) is 11.9 Å². The first-order valence-corrected chi connectivity index (χ1v) is 9.34. The van der Waals surface area contributed by atoms with E-state index in [1.54, 1.807) is 18.9 Å². The van der Waals surface area contributed by atoms with E-state index in [0.29, 0.717) is 24.4 Å². The van der Waals surface area contributed by atoms with Gasteiger partial charge in [0.1, 0.15) is 17.1 Å². The molecule has 1 atom stereocenters. The zero-order chi connectivity index (χ0) is 19.3. The first-order valence-electron chi connectivity index (χ1n) is 8.53. The number of carbonyl (C=O) groups excluding carboxylic acids is 2. The summed E-state index contributed by atoms with van der Waals surface area (Å²) in [6.45, 7) is 1.71. The number of para-hydroxylation sites is 1. The first kappa shape index (κ1) is 17.7. The van der Waals surface area contributed by atoms with Crippen LogP contribution in [0, 0.1) is 6.92 Å². The molecule has 2 aliphatic rings. The second-order valence-electron chi connectivity index (χ2n) is 6.73. The largest absolute Gasteiger partial charge is 0.478 e. The molecular formula is C19H18N2O5S. The van der Waals surface area contributed by atoms with Crippen LogP contribution in [0.3, 0.4) is 0 Å². The standard InChI is InChI=1S/C19H18N2O5S/c1-11-13(17(23)24)9-12(26-11)10-20(2)18(25)19-8-7-16(22)21(19)14-5-3-4-6-15(14)27-19/h3-6,9H,7-8,10H2,1-2H3,(H,23,24). The van der Waals surface area contributed by atoms with Crippen LogP contribution in [0.15, 0.2) is 39.6 Å². The molecule has 2 aliphatic heterocycles. The molecule has 2 aromatic rings.